The lowest BCUT2D eigenvalue weighted by Crippen LogP contribution is -2.19. The van der Waals surface area contributed by atoms with Crippen molar-refractivity contribution in [2.75, 3.05) is 6.61 Å². The molecule has 0 spiro atoms. The van der Waals surface area contributed by atoms with E-state index in [9.17, 15) is 4.79 Å². The smallest absolute Gasteiger partial charge is 0.223 e. The van der Waals surface area contributed by atoms with Crippen molar-refractivity contribution in [3.05, 3.63) is 24.0 Å². The molecular formula is C12H18O2. The van der Waals surface area contributed by atoms with Crippen molar-refractivity contribution in [3.63, 3.8) is 0 Å². The molecule has 14 heavy (non-hydrogen) atoms. The normalized spacial score (nSPS) is 22.6. The van der Waals surface area contributed by atoms with Crippen LogP contribution in [0, 0.1) is 11.3 Å². The highest BCUT2D eigenvalue weighted by Crippen LogP contribution is 2.39. The van der Waals surface area contributed by atoms with E-state index in [4.69, 9.17) is 4.74 Å². The van der Waals surface area contributed by atoms with Gasteiger partial charge in [-0.25, -0.2) is 0 Å². The Morgan fingerprint density at radius 3 is 2.43 bits per heavy atom. The van der Waals surface area contributed by atoms with Gasteiger partial charge in [0.2, 0.25) is 5.78 Å². The summed E-state index contributed by atoms with van der Waals surface area (Å²) >= 11 is 0. The molecule has 0 aromatic carbocycles. The third-order valence-corrected chi connectivity index (χ3v) is 2.44. The molecule has 0 N–H and O–H groups in total. The van der Waals surface area contributed by atoms with Gasteiger partial charge in [-0.05, 0) is 18.4 Å². The van der Waals surface area contributed by atoms with Crippen LogP contribution >= 0.6 is 0 Å². The van der Waals surface area contributed by atoms with E-state index in [0.29, 0.717) is 17.9 Å². The summed E-state index contributed by atoms with van der Waals surface area (Å²) in [6, 6.07) is 0. The van der Waals surface area contributed by atoms with Crippen LogP contribution in [0.4, 0.5) is 0 Å². The minimum Gasteiger partial charge on any atom is -0.490 e. The first-order chi connectivity index (χ1) is 6.38. The fourth-order valence-corrected chi connectivity index (χ4v) is 1.67. The van der Waals surface area contributed by atoms with Crippen molar-refractivity contribution in [2.45, 2.75) is 27.7 Å². The van der Waals surface area contributed by atoms with Crippen LogP contribution in [0.1, 0.15) is 27.7 Å². The third kappa shape index (κ3) is 1.89. The van der Waals surface area contributed by atoms with E-state index in [2.05, 4.69) is 27.4 Å². The van der Waals surface area contributed by atoms with Crippen LogP contribution in [0.3, 0.4) is 0 Å². The Bertz CT molecular complexity index is 292. The van der Waals surface area contributed by atoms with Crippen molar-refractivity contribution in [3.8, 4) is 0 Å². The summed E-state index contributed by atoms with van der Waals surface area (Å²) in [5.41, 5.74) is 0.687. The summed E-state index contributed by atoms with van der Waals surface area (Å²) in [5.74, 6) is 0.542. The maximum atomic E-state index is 11.7. The molecule has 0 radical (unpaired) electrons. The minimum atomic E-state index is -0.0354. The zero-order valence-electron chi connectivity index (χ0n) is 9.39. The van der Waals surface area contributed by atoms with Crippen LogP contribution < -0.4 is 0 Å². The van der Waals surface area contributed by atoms with Gasteiger partial charge in [0.05, 0.1) is 6.61 Å². The van der Waals surface area contributed by atoms with Gasteiger partial charge in [0.1, 0.15) is 0 Å². The number of carbonyl (C=O) groups excluding carboxylic acids is 1. The molecule has 1 unspecified atom stereocenters. The van der Waals surface area contributed by atoms with E-state index in [1.54, 1.807) is 0 Å². The molecule has 2 nitrogen and oxygen atoms in total. The molecule has 0 fully saturated rings. The van der Waals surface area contributed by atoms with E-state index in [-0.39, 0.29) is 17.1 Å². The first kappa shape index (κ1) is 11.0. The van der Waals surface area contributed by atoms with Crippen molar-refractivity contribution in [1.82, 2.24) is 0 Å². The Hall–Kier alpha value is -1.05. The molecule has 0 aromatic rings. The highest BCUT2D eigenvalue weighted by atomic mass is 16.5. The lowest BCUT2D eigenvalue weighted by Gasteiger charge is -2.25. The maximum Gasteiger partial charge on any atom is 0.223 e. The largest absolute Gasteiger partial charge is 0.490 e. The van der Waals surface area contributed by atoms with Gasteiger partial charge in [-0.3, -0.25) is 4.79 Å². The highest BCUT2D eigenvalue weighted by Gasteiger charge is 2.36. The van der Waals surface area contributed by atoms with Crippen LogP contribution in [-0.4, -0.2) is 12.4 Å². The number of allylic oxidation sites excluding steroid dienone is 2. The van der Waals surface area contributed by atoms with Crippen molar-refractivity contribution < 1.29 is 9.53 Å². The lowest BCUT2D eigenvalue weighted by molar-refractivity contribution is -0.115. The molecule has 1 atom stereocenters. The molecule has 1 aliphatic rings. The summed E-state index contributed by atoms with van der Waals surface area (Å²) in [6.07, 6.45) is 1.90. The van der Waals surface area contributed by atoms with E-state index < -0.39 is 0 Å². The van der Waals surface area contributed by atoms with Crippen LogP contribution in [-0.2, 0) is 9.53 Å². The molecular weight excluding hydrogens is 176 g/mol. The van der Waals surface area contributed by atoms with Gasteiger partial charge in [-0.15, -0.1) is 0 Å². The molecule has 0 saturated carbocycles. The molecule has 78 valence electrons. The second-order valence-corrected chi connectivity index (χ2v) is 4.66. The van der Waals surface area contributed by atoms with Gasteiger partial charge in [0.15, 0.2) is 5.76 Å². The van der Waals surface area contributed by atoms with Gasteiger partial charge in [0.25, 0.3) is 0 Å². The SMILES string of the molecule is C=C1C(=O)C(OCC)=CC1C(C)(C)C. The number of hydrogen-bond acceptors (Lipinski definition) is 2. The fraction of sp³-hybridized carbons (Fsp3) is 0.583. The number of ether oxygens (including phenoxy) is 1. The molecule has 0 amide bonds. The highest BCUT2D eigenvalue weighted by molar-refractivity contribution is 6.09. The maximum absolute atomic E-state index is 11.7. The lowest BCUT2D eigenvalue weighted by atomic mass is 9.78. The average molecular weight is 194 g/mol. The number of rotatable bonds is 2. The summed E-state index contributed by atoms with van der Waals surface area (Å²) in [4.78, 5) is 11.7. The molecule has 2 heteroatoms. The number of hydrogen-bond donors (Lipinski definition) is 0. The fourth-order valence-electron chi connectivity index (χ4n) is 1.67. The van der Waals surface area contributed by atoms with Gasteiger partial charge in [-0.1, -0.05) is 27.4 Å². The predicted octanol–water partition coefficient (Wildman–Crippen LogP) is 2.71. The zero-order chi connectivity index (χ0) is 10.9. The van der Waals surface area contributed by atoms with Gasteiger partial charge in [-0.2, -0.15) is 0 Å². The second kappa shape index (κ2) is 3.60. The Morgan fingerprint density at radius 2 is 2.07 bits per heavy atom. The van der Waals surface area contributed by atoms with Crippen molar-refractivity contribution in [1.29, 1.82) is 0 Å². The first-order valence-electron chi connectivity index (χ1n) is 4.96. The molecule has 0 aliphatic heterocycles. The van der Waals surface area contributed by atoms with Crippen LogP contribution in [0.15, 0.2) is 24.0 Å². The Labute approximate surface area is 85.6 Å². The standard InChI is InChI=1S/C12H18O2/c1-6-14-10-7-9(12(3,4)5)8(2)11(10)13/h7,9H,2,6H2,1,3-5H3. The Morgan fingerprint density at radius 1 is 1.50 bits per heavy atom. The Balaban J connectivity index is 2.92. The molecule has 1 rings (SSSR count). The van der Waals surface area contributed by atoms with Crippen molar-refractivity contribution in [2.24, 2.45) is 11.3 Å². The molecule has 0 bridgehead atoms. The quantitative estimate of drug-likeness (QED) is 0.632. The summed E-state index contributed by atoms with van der Waals surface area (Å²) in [5, 5.41) is 0. The average Bonchev–Trinajstić information content (AvgIpc) is 2.32. The first-order valence-corrected chi connectivity index (χ1v) is 4.96. The monoisotopic (exact) mass is 194 g/mol. The molecule has 0 heterocycles. The predicted molar refractivity (Wildman–Crippen MR) is 56.8 cm³/mol. The number of carbonyl (C=O) groups is 1. The Kier molecular flexibility index (Phi) is 2.84. The van der Waals surface area contributed by atoms with Crippen LogP contribution in [0.2, 0.25) is 0 Å². The topological polar surface area (TPSA) is 26.3 Å². The van der Waals surface area contributed by atoms with Gasteiger partial charge >= 0.3 is 0 Å². The van der Waals surface area contributed by atoms with E-state index >= 15 is 0 Å². The zero-order valence-corrected chi connectivity index (χ0v) is 9.39. The minimum absolute atomic E-state index is 0.0333. The van der Waals surface area contributed by atoms with Gasteiger partial charge < -0.3 is 4.74 Å². The van der Waals surface area contributed by atoms with Crippen molar-refractivity contribution >= 4 is 5.78 Å². The number of Topliss-reactive ketones (excluding diaryl/α,β-unsaturated/α-hetero) is 1. The molecule has 0 saturated heterocycles. The van der Waals surface area contributed by atoms with E-state index in [0.717, 1.165) is 0 Å². The van der Waals surface area contributed by atoms with E-state index in [1.807, 2.05) is 13.0 Å². The molecule has 1 aliphatic carbocycles. The number of ketones is 1. The van der Waals surface area contributed by atoms with Crippen LogP contribution in [0.5, 0.6) is 0 Å². The van der Waals surface area contributed by atoms with Crippen LogP contribution in [0.25, 0.3) is 0 Å². The summed E-state index contributed by atoms with van der Waals surface area (Å²) in [7, 11) is 0. The van der Waals surface area contributed by atoms with Gasteiger partial charge in [0, 0.05) is 11.5 Å². The molecule has 0 aromatic heterocycles. The second-order valence-electron chi connectivity index (χ2n) is 4.66. The summed E-state index contributed by atoms with van der Waals surface area (Å²) < 4.78 is 5.26. The third-order valence-electron chi connectivity index (χ3n) is 2.44. The van der Waals surface area contributed by atoms with E-state index in [1.165, 1.54) is 0 Å². The summed E-state index contributed by atoms with van der Waals surface area (Å²) in [6.45, 7) is 12.5.